The number of pyridine rings is 1. The lowest BCUT2D eigenvalue weighted by Crippen LogP contribution is -1.91. The van der Waals surface area contributed by atoms with Gasteiger partial charge in [0.2, 0.25) is 0 Å². The van der Waals surface area contributed by atoms with E-state index in [1.165, 1.54) is 36.8 Å². The standard InChI is InChI=1S/C11H12N/c1-2-5-10(6-3-1)11-7-4-8-12-9-11/h5,7-9H,1-3,6H2. The minimum atomic E-state index is 1.21. The highest BCUT2D eigenvalue weighted by atomic mass is 14.6. The topological polar surface area (TPSA) is 12.9 Å². The van der Waals surface area contributed by atoms with Gasteiger partial charge in [0.15, 0.2) is 0 Å². The van der Waals surface area contributed by atoms with E-state index in [0.29, 0.717) is 0 Å². The molecule has 1 aromatic heterocycles. The van der Waals surface area contributed by atoms with Crippen LogP contribution < -0.4 is 0 Å². The number of aromatic nitrogens is 1. The van der Waals surface area contributed by atoms with E-state index in [-0.39, 0.29) is 0 Å². The van der Waals surface area contributed by atoms with Crippen molar-refractivity contribution >= 4 is 5.57 Å². The van der Waals surface area contributed by atoms with Crippen molar-refractivity contribution in [1.82, 2.24) is 4.98 Å². The first-order valence-corrected chi connectivity index (χ1v) is 4.47. The van der Waals surface area contributed by atoms with Crippen molar-refractivity contribution in [3.8, 4) is 0 Å². The highest BCUT2D eigenvalue weighted by Gasteiger charge is 2.04. The van der Waals surface area contributed by atoms with Crippen molar-refractivity contribution in [2.75, 3.05) is 0 Å². The number of hydrogen-bond acceptors (Lipinski definition) is 1. The average Bonchev–Trinajstić information content (AvgIpc) is 2.21. The smallest absolute Gasteiger partial charge is 0.0347 e. The van der Waals surface area contributed by atoms with Crippen molar-refractivity contribution < 1.29 is 0 Å². The van der Waals surface area contributed by atoms with Crippen LogP contribution in [0, 0.1) is 6.07 Å². The summed E-state index contributed by atoms with van der Waals surface area (Å²) in [6.07, 6.45) is 11.0. The summed E-state index contributed by atoms with van der Waals surface area (Å²) in [4.78, 5) is 4.06. The van der Waals surface area contributed by atoms with Gasteiger partial charge in [-0.1, -0.05) is 6.08 Å². The Morgan fingerprint density at radius 3 is 3.00 bits per heavy atom. The summed E-state index contributed by atoms with van der Waals surface area (Å²) in [7, 11) is 0. The minimum absolute atomic E-state index is 1.21. The zero-order valence-electron chi connectivity index (χ0n) is 7.09. The summed E-state index contributed by atoms with van der Waals surface area (Å²) < 4.78 is 0. The monoisotopic (exact) mass is 158 g/mol. The van der Waals surface area contributed by atoms with E-state index in [1.54, 1.807) is 6.20 Å². The predicted molar refractivity (Wildman–Crippen MR) is 49.5 cm³/mol. The fourth-order valence-electron chi connectivity index (χ4n) is 1.60. The molecule has 0 saturated heterocycles. The summed E-state index contributed by atoms with van der Waals surface area (Å²) in [5.74, 6) is 0. The number of hydrogen-bond donors (Lipinski definition) is 0. The lowest BCUT2D eigenvalue weighted by atomic mass is 9.95. The van der Waals surface area contributed by atoms with E-state index in [1.807, 2.05) is 12.3 Å². The zero-order valence-corrected chi connectivity index (χ0v) is 7.09. The molecule has 0 N–H and O–H groups in total. The first-order valence-electron chi connectivity index (χ1n) is 4.47. The molecule has 0 aliphatic heterocycles. The molecule has 0 fully saturated rings. The van der Waals surface area contributed by atoms with Crippen molar-refractivity contribution in [3.05, 3.63) is 36.2 Å². The lowest BCUT2D eigenvalue weighted by Gasteiger charge is -2.11. The van der Waals surface area contributed by atoms with E-state index < -0.39 is 0 Å². The SMILES string of the molecule is [c]1cncc(C2=CCCCC2)c1. The van der Waals surface area contributed by atoms with Gasteiger partial charge in [-0.05, 0) is 42.9 Å². The maximum atomic E-state index is 4.06. The van der Waals surface area contributed by atoms with Crippen LogP contribution in [0.3, 0.4) is 0 Å². The molecule has 2 rings (SSSR count). The quantitative estimate of drug-likeness (QED) is 0.612. The van der Waals surface area contributed by atoms with Crippen LogP contribution in [-0.4, -0.2) is 4.98 Å². The Kier molecular flexibility index (Phi) is 2.21. The molecule has 0 unspecified atom stereocenters. The molecule has 0 bridgehead atoms. The van der Waals surface area contributed by atoms with Crippen LogP contribution in [-0.2, 0) is 0 Å². The molecular weight excluding hydrogens is 146 g/mol. The molecule has 1 aromatic rings. The summed E-state index contributed by atoms with van der Waals surface area (Å²) in [6, 6.07) is 5.02. The molecule has 1 heteroatoms. The van der Waals surface area contributed by atoms with Crippen LogP contribution in [0.5, 0.6) is 0 Å². The molecule has 0 aromatic carbocycles. The molecule has 12 heavy (non-hydrogen) atoms. The molecule has 0 spiro atoms. The minimum Gasteiger partial charge on any atom is -0.263 e. The third-order valence-corrected chi connectivity index (χ3v) is 2.26. The largest absolute Gasteiger partial charge is 0.263 e. The summed E-state index contributed by atoms with van der Waals surface area (Å²) in [6.45, 7) is 0. The second-order valence-corrected chi connectivity index (χ2v) is 3.15. The van der Waals surface area contributed by atoms with Crippen molar-refractivity contribution in [3.63, 3.8) is 0 Å². The zero-order chi connectivity index (χ0) is 8.23. The van der Waals surface area contributed by atoms with E-state index in [9.17, 15) is 0 Å². The Labute approximate surface area is 73.1 Å². The van der Waals surface area contributed by atoms with Gasteiger partial charge in [0.05, 0.1) is 0 Å². The molecule has 1 aliphatic rings. The Morgan fingerprint density at radius 2 is 2.33 bits per heavy atom. The number of nitrogens with zero attached hydrogens (tertiary/aromatic N) is 1. The molecular formula is C11H12N. The third kappa shape index (κ3) is 1.55. The third-order valence-electron chi connectivity index (χ3n) is 2.26. The van der Waals surface area contributed by atoms with Gasteiger partial charge in [-0.15, -0.1) is 0 Å². The molecule has 0 saturated carbocycles. The normalized spacial score (nSPS) is 17.2. The summed E-state index contributed by atoms with van der Waals surface area (Å²) in [5, 5.41) is 0. The Morgan fingerprint density at radius 1 is 1.33 bits per heavy atom. The molecule has 1 radical (unpaired) electrons. The highest BCUT2D eigenvalue weighted by Crippen LogP contribution is 2.25. The summed E-state index contributed by atoms with van der Waals surface area (Å²) in [5.41, 5.74) is 2.70. The van der Waals surface area contributed by atoms with Crippen LogP contribution in [0.4, 0.5) is 0 Å². The van der Waals surface area contributed by atoms with Crippen LogP contribution in [0.15, 0.2) is 24.5 Å². The van der Waals surface area contributed by atoms with Crippen LogP contribution >= 0.6 is 0 Å². The van der Waals surface area contributed by atoms with Gasteiger partial charge >= 0.3 is 0 Å². The first kappa shape index (κ1) is 7.53. The van der Waals surface area contributed by atoms with Crippen molar-refractivity contribution in [2.45, 2.75) is 25.7 Å². The van der Waals surface area contributed by atoms with E-state index in [0.717, 1.165) is 0 Å². The van der Waals surface area contributed by atoms with Crippen LogP contribution in [0.1, 0.15) is 31.2 Å². The van der Waals surface area contributed by atoms with E-state index in [4.69, 9.17) is 0 Å². The maximum Gasteiger partial charge on any atom is 0.0347 e. The maximum absolute atomic E-state index is 4.06. The van der Waals surface area contributed by atoms with Gasteiger partial charge in [-0.25, -0.2) is 0 Å². The predicted octanol–water partition coefficient (Wildman–Crippen LogP) is 2.84. The average molecular weight is 158 g/mol. The molecule has 61 valence electrons. The fourth-order valence-corrected chi connectivity index (χ4v) is 1.60. The highest BCUT2D eigenvalue weighted by molar-refractivity contribution is 5.65. The van der Waals surface area contributed by atoms with Crippen LogP contribution in [0.25, 0.3) is 5.57 Å². The second kappa shape index (κ2) is 3.53. The second-order valence-electron chi connectivity index (χ2n) is 3.15. The van der Waals surface area contributed by atoms with Gasteiger partial charge in [0.25, 0.3) is 0 Å². The first-order chi connectivity index (χ1) is 5.97. The number of rotatable bonds is 1. The van der Waals surface area contributed by atoms with Gasteiger partial charge in [-0.2, -0.15) is 0 Å². The van der Waals surface area contributed by atoms with Gasteiger partial charge in [0, 0.05) is 18.5 Å². The molecule has 0 atom stereocenters. The van der Waals surface area contributed by atoms with Crippen molar-refractivity contribution in [1.29, 1.82) is 0 Å². The molecule has 1 aliphatic carbocycles. The lowest BCUT2D eigenvalue weighted by molar-refractivity contribution is 0.741. The van der Waals surface area contributed by atoms with Crippen LogP contribution in [0.2, 0.25) is 0 Å². The van der Waals surface area contributed by atoms with E-state index in [2.05, 4.69) is 17.1 Å². The van der Waals surface area contributed by atoms with Crippen molar-refractivity contribution in [2.24, 2.45) is 0 Å². The summed E-state index contributed by atoms with van der Waals surface area (Å²) >= 11 is 0. The molecule has 1 heterocycles. The molecule has 1 nitrogen and oxygen atoms in total. The van der Waals surface area contributed by atoms with Gasteiger partial charge < -0.3 is 0 Å². The van der Waals surface area contributed by atoms with Gasteiger partial charge in [-0.3, -0.25) is 4.98 Å². The Balaban J connectivity index is 2.24. The Hall–Kier alpha value is -1.11. The number of allylic oxidation sites excluding steroid dienone is 2. The fraction of sp³-hybridized carbons (Fsp3) is 0.364. The van der Waals surface area contributed by atoms with E-state index >= 15 is 0 Å². The Bertz CT molecular complexity index is 274. The van der Waals surface area contributed by atoms with Gasteiger partial charge in [0.1, 0.15) is 0 Å². The molecule has 0 amide bonds.